The van der Waals surface area contributed by atoms with Crippen molar-refractivity contribution in [3.05, 3.63) is 38.4 Å². The molecule has 2 rings (SSSR count). The molecular formula is C12H13BrClN3S. The standard InChI is InChI=1S/C12H13BrClN3S/c1-8-11(18-7-16-8)6-17(2)12-9(4-14)3-10(13)5-15-12/h3,5,7H,4,6H2,1-2H3. The molecule has 0 radical (unpaired) electrons. The van der Waals surface area contributed by atoms with Crippen LogP contribution in [0.25, 0.3) is 0 Å². The summed E-state index contributed by atoms with van der Waals surface area (Å²) in [6.07, 6.45) is 1.79. The van der Waals surface area contributed by atoms with Crippen LogP contribution in [-0.4, -0.2) is 17.0 Å². The Bertz CT molecular complexity index is 544. The summed E-state index contributed by atoms with van der Waals surface area (Å²) in [6, 6.07) is 2.01. The fourth-order valence-corrected chi connectivity index (χ4v) is 3.09. The van der Waals surface area contributed by atoms with E-state index in [0.717, 1.165) is 28.1 Å². The number of thiazole rings is 1. The summed E-state index contributed by atoms with van der Waals surface area (Å²) in [7, 11) is 2.02. The van der Waals surface area contributed by atoms with Gasteiger partial charge in [-0.05, 0) is 28.9 Å². The van der Waals surface area contributed by atoms with Crippen LogP contribution in [0.1, 0.15) is 16.1 Å². The minimum absolute atomic E-state index is 0.452. The number of hydrogen-bond acceptors (Lipinski definition) is 4. The Labute approximate surface area is 124 Å². The third-order valence-corrected chi connectivity index (χ3v) is 4.28. The Morgan fingerprint density at radius 2 is 2.22 bits per heavy atom. The van der Waals surface area contributed by atoms with Crippen molar-refractivity contribution in [1.82, 2.24) is 9.97 Å². The van der Waals surface area contributed by atoms with Gasteiger partial charge in [-0.1, -0.05) is 0 Å². The molecule has 0 atom stereocenters. The first-order chi connectivity index (χ1) is 8.61. The van der Waals surface area contributed by atoms with Gasteiger partial charge >= 0.3 is 0 Å². The van der Waals surface area contributed by atoms with Gasteiger partial charge in [0.25, 0.3) is 0 Å². The zero-order valence-electron chi connectivity index (χ0n) is 10.2. The van der Waals surface area contributed by atoms with Gasteiger partial charge in [0.2, 0.25) is 0 Å². The summed E-state index contributed by atoms with van der Waals surface area (Å²) in [6.45, 7) is 2.83. The maximum Gasteiger partial charge on any atom is 0.133 e. The lowest BCUT2D eigenvalue weighted by Gasteiger charge is -2.20. The molecule has 0 saturated carbocycles. The van der Waals surface area contributed by atoms with Gasteiger partial charge in [0.15, 0.2) is 0 Å². The minimum atomic E-state index is 0.452. The van der Waals surface area contributed by atoms with E-state index in [2.05, 4.69) is 30.8 Å². The number of alkyl halides is 1. The first-order valence-electron chi connectivity index (χ1n) is 5.42. The number of anilines is 1. The normalized spacial score (nSPS) is 10.7. The summed E-state index contributed by atoms with van der Waals surface area (Å²) in [5.74, 6) is 1.37. The lowest BCUT2D eigenvalue weighted by atomic mass is 10.2. The first-order valence-corrected chi connectivity index (χ1v) is 7.63. The number of aryl methyl sites for hydroxylation is 1. The lowest BCUT2D eigenvalue weighted by Crippen LogP contribution is -2.19. The molecule has 2 aromatic heterocycles. The van der Waals surface area contributed by atoms with Crippen LogP contribution in [0.15, 0.2) is 22.2 Å². The third kappa shape index (κ3) is 3.02. The van der Waals surface area contributed by atoms with Crippen LogP contribution in [0.2, 0.25) is 0 Å². The lowest BCUT2D eigenvalue weighted by molar-refractivity contribution is 0.891. The van der Waals surface area contributed by atoms with Crippen molar-refractivity contribution < 1.29 is 0 Å². The van der Waals surface area contributed by atoms with Crippen molar-refractivity contribution in [2.75, 3.05) is 11.9 Å². The molecule has 0 aliphatic heterocycles. The minimum Gasteiger partial charge on any atom is -0.354 e. The van der Waals surface area contributed by atoms with Crippen LogP contribution in [-0.2, 0) is 12.4 Å². The summed E-state index contributed by atoms with van der Waals surface area (Å²) in [4.78, 5) is 12.1. The third-order valence-electron chi connectivity index (χ3n) is 2.64. The maximum atomic E-state index is 5.96. The van der Waals surface area contributed by atoms with Crippen molar-refractivity contribution >= 4 is 44.7 Å². The molecule has 0 N–H and O–H groups in total. The van der Waals surface area contributed by atoms with Gasteiger partial charge in [-0.15, -0.1) is 22.9 Å². The highest BCUT2D eigenvalue weighted by atomic mass is 79.9. The molecule has 0 amide bonds. The van der Waals surface area contributed by atoms with Gasteiger partial charge < -0.3 is 4.90 Å². The second-order valence-electron chi connectivity index (χ2n) is 3.99. The summed E-state index contributed by atoms with van der Waals surface area (Å²) in [5, 5.41) is 0. The zero-order valence-corrected chi connectivity index (χ0v) is 13.3. The predicted octanol–water partition coefficient (Wildman–Crippen LogP) is 3.98. The molecule has 96 valence electrons. The highest BCUT2D eigenvalue weighted by Gasteiger charge is 2.12. The molecule has 0 saturated heterocycles. The van der Waals surface area contributed by atoms with Crippen LogP contribution in [0.4, 0.5) is 5.82 Å². The zero-order chi connectivity index (χ0) is 13.1. The van der Waals surface area contributed by atoms with Crippen molar-refractivity contribution in [2.24, 2.45) is 0 Å². The van der Waals surface area contributed by atoms with Crippen LogP contribution in [0.5, 0.6) is 0 Å². The molecule has 0 aliphatic carbocycles. The van der Waals surface area contributed by atoms with Gasteiger partial charge in [-0.3, -0.25) is 0 Å². The van der Waals surface area contributed by atoms with Crippen LogP contribution in [0.3, 0.4) is 0 Å². The van der Waals surface area contributed by atoms with E-state index >= 15 is 0 Å². The van der Waals surface area contributed by atoms with E-state index in [1.807, 2.05) is 25.5 Å². The average Bonchev–Trinajstić information content (AvgIpc) is 2.74. The van der Waals surface area contributed by atoms with Gasteiger partial charge in [-0.25, -0.2) is 9.97 Å². The molecule has 3 nitrogen and oxygen atoms in total. The van der Waals surface area contributed by atoms with Crippen molar-refractivity contribution in [1.29, 1.82) is 0 Å². The molecule has 0 unspecified atom stereocenters. The highest BCUT2D eigenvalue weighted by molar-refractivity contribution is 9.10. The number of rotatable bonds is 4. The largest absolute Gasteiger partial charge is 0.354 e. The Balaban J connectivity index is 2.23. The van der Waals surface area contributed by atoms with E-state index in [1.165, 1.54) is 4.88 Å². The number of halogens is 2. The van der Waals surface area contributed by atoms with E-state index in [4.69, 9.17) is 11.6 Å². The molecule has 0 bridgehead atoms. The molecule has 2 aromatic rings. The van der Waals surface area contributed by atoms with Crippen molar-refractivity contribution in [3.8, 4) is 0 Å². The second kappa shape index (κ2) is 5.99. The molecule has 2 heterocycles. The van der Waals surface area contributed by atoms with Crippen molar-refractivity contribution in [2.45, 2.75) is 19.3 Å². The molecule has 0 aliphatic rings. The predicted molar refractivity (Wildman–Crippen MR) is 80.5 cm³/mol. The van der Waals surface area contributed by atoms with Crippen LogP contribution < -0.4 is 4.90 Å². The van der Waals surface area contributed by atoms with E-state index in [9.17, 15) is 0 Å². The molecule has 0 spiro atoms. The van der Waals surface area contributed by atoms with E-state index in [0.29, 0.717) is 5.88 Å². The molecule has 6 heteroatoms. The second-order valence-corrected chi connectivity index (χ2v) is 6.11. The number of pyridine rings is 1. The summed E-state index contributed by atoms with van der Waals surface area (Å²) < 4.78 is 0.948. The average molecular weight is 347 g/mol. The highest BCUT2D eigenvalue weighted by Crippen LogP contribution is 2.25. The quantitative estimate of drug-likeness (QED) is 0.784. The van der Waals surface area contributed by atoms with Crippen molar-refractivity contribution in [3.63, 3.8) is 0 Å². The van der Waals surface area contributed by atoms with Gasteiger partial charge in [-0.2, -0.15) is 0 Å². The first kappa shape index (κ1) is 13.8. The molecule has 0 aromatic carbocycles. The summed E-state index contributed by atoms with van der Waals surface area (Å²) in [5.41, 5.74) is 3.97. The Morgan fingerprint density at radius 1 is 1.44 bits per heavy atom. The number of hydrogen-bond donors (Lipinski definition) is 0. The fraction of sp³-hybridized carbons (Fsp3) is 0.333. The smallest absolute Gasteiger partial charge is 0.133 e. The molecular weight excluding hydrogens is 334 g/mol. The molecule has 0 fully saturated rings. The monoisotopic (exact) mass is 345 g/mol. The number of nitrogens with zero attached hydrogens (tertiary/aromatic N) is 3. The maximum absolute atomic E-state index is 5.96. The van der Waals surface area contributed by atoms with E-state index in [-0.39, 0.29) is 0 Å². The van der Waals surface area contributed by atoms with Crippen LogP contribution in [0, 0.1) is 6.92 Å². The van der Waals surface area contributed by atoms with Gasteiger partial charge in [0.05, 0.1) is 23.6 Å². The SMILES string of the molecule is Cc1ncsc1CN(C)c1ncc(Br)cc1CCl. The Kier molecular flexibility index (Phi) is 4.59. The topological polar surface area (TPSA) is 29.0 Å². The molecule has 18 heavy (non-hydrogen) atoms. The fourth-order valence-electron chi connectivity index (χ4n) is 1.68. The van der Waals surface area contributed by atoms with E-state index < -0.39 is 0 Å². The van der Waals surface area contributed by atoms with E-state index in [1.54, 1.807) is 17.5 Å². The number of aromatic nitrogens is 2. The van der Waals surface area contributed by atoms with Crippen LogP contribution >= 0.6 is 38.9 Å². The van der Waals surface area contributed by atoms with Gasteiger partial charge in [0.1, 0.15) is 5.82 Å². The Morgan fingerprint density at radius 3 is 2.83 bits per heavy atom. The Hall–Kier alpha value is -0.650. The summed E-state index contributed by atoms with van der Waals surface area (Å²) >= 11 is 11.0. The van der Waals surface area contributed by atoms with Gasteiger partial charge in [0, 0.05) is 28.2 Å².